The third-order valence-electron chi connectivity index (χ3n) is 6.34. The first-order chi connectivity index (χ1) is 17.7. The number of phenols is 1. The van der Waals surface area contributed by atoms with Crippen molar-refractivity contribution in [2.75, 3.05) is 9.80 Å². The number of hydrogen-bond donors (Lipinski definition) is 1. The van der Waals surface area contributed by atoms with Crippen molar-refractivity contribution in [1.82, 2.24) is 0 Å². The Morgan fingerprint density at radius 1 is 0.472 bits per heavy atom. The van der Waals surface area contributed by atoms with Crippen molar-refractivity contribution in [1.29, 1.82) is 0 Å². The van der Waals surface area contributed by atoms with Gasteiger partial charge in [0.25, 0.3) is 0 Å². The maximum atomic E-state index is 11.5. The summed E-state index contributed by atoms with van der Waals surface area (Å²) < 4.78 is 0. The fraction of sp³-hybridized carbons (Fsp3) is 0.0909. The molecule has 0 amide bonds. The summed E-state index contributed by atoms with van der Waals surface area (Å²) in [4.78, 5) is 4.48. The molecule has 0 aliphatic rings. The summed E-state index contributed by atoms with van der Waals surface area (Å²) >= 11 is 0. The van der Waals surface area contributed by atoms with E-state index in [1.165, 1.54) is 0 Å². The zero-order chi connectivity index (χ0) is 24.7. The average molecular weight is 471 g/mol. The van der Waals surface area contributed by atoms with Crippen LogP contribution in [0, 0.1) is 6.92 Å². The summed E-state index contributed by atoms with van der Waals surface area (Å²) in [7, 11) is 0. The Bertz CT molecular complexity index is 1200. The zero-order valence-electron chi connectivity index (χ0n) is 20.5. The van der Waals surface area contributed by atoms with Crippen LogP contribution in [-0.2, 0) is 13.1 Å². The van der Waals surface area contributed by atoms with Crippen molar-refractivity contribution in [3.63, 3.8) is 0 Å². The van der Waals surface area contributed by atoms with Crippen LogP contribution >= 0.6 is 0 Å². The molecule has 0 atom stereocenters. The van der Waals surface area contributed by atoms with Crippen LogP contribution in [0.2, 0.25) is 0 Å². The quantitative estimate of drug-likeness (QED) is 0.247. The minimum absolute atomic E-state index is 0.342. The van der Waals surface area contributed by atoms with Crippen LogP contribution in [0.25, 0.3) is 0 Å². The van der Waals surface area contributed by atoms with Crippen LogP contribution in [0.5, 0.6) is 5.75 Å². The van der Waals surface area contributed by atoms with Gasteiger partial charge in [-0.15, -0.1) is 0 Å². The maximum absolute atomic E-state index is 11.5. The lowest BCUT2D eigenvalue weighted by Gasteiger charge is -2.28. The van der Waals surface area contributed by atoms with E-state index in [9.17, 15) is 5.11 Å². The Labute approximate surface area is 213 Å². The SMILES string of the molecule is Cc1cc(CN(c2ccccc2)c2ccccc2)c(O)c(CN(c2ccccc2)c2ccccc2)c1. The number of nitrogens with zero attached hydrogens (tertiary/aromatic N) is 2. The average Bonchev–Trinajstić information content (AvgIpc) is 2.94. The summed E-state index contributed by atoms with van der Waals surface area (Å²) in [6, 6.07) is 45.5. The molecule has 0 saturated heterocycles. The Morgan fingerprint density at radius 3 is 1.03 bits per heavy atom. The molecule has 5 aromatic rings. The summed E-state index contributed by atoms with van der Waals surface area (Å²) in [5.41, 5.74) is 7.27. The van der Waals surface area contributed by atoms with E-state index >= 15 is 0 Å². The smallest absolute Gasteiger partial charge is 0.125 e. The maximum Gasteiger partial charge on any atom is 0.125 e. The predicted molar refractivity (Wildman–Crippen MR) is 150 cm³/mol. The highest BCUT2D eigenvalue weighted by Gasteiger charge is 2.18. The molecule has 3 heteroatoms. The summed E-state index contributed by atoms with van der Waals surface area (Å²) in [5, 5.41) is 11.5. The number of benzene rings is 5. The van der Waals surface area contributed by atoms with Crippen LogP contribution in [0.3, 0.4) is 0 Å². The van der Waals surface area contributed by atoms with Gasteiger partial charge in [0.2, 0.25) is 0 Å². The second kappa shape index (κ2) is 10.8. The molecule has 178 valence electrons. The van der Waals surface area contributed by atoms with Crippen molar-refractivity contribution >= 4 is 22.7 Å². The minimum atomic E-state index is 0.342. The van der Waals surface area contributed by atoms with E-state index in [1.807, 2.05) is 72.8 Å². The van der Waals surface area contributed by atoms with E-state index in [0.717, 1.165) is 39.4 Å². The van der Waals surface area contributed by atoms with E-state index in [0.29, 0.717) is 18.8 Å². The topological polar surface area (TPSA) is 26.7 Å². The molecule has 0 unspecified atom stereocenters. The Kier molecular flexibility index (Phi) is 7.00. The van der Waals surface area contributed by atoms with Crippen LogP contribution in [0.4, 0.5) is 22.7 Å². The minimum Gasteiger partial charge on any atom is -0.507 e. The van der Waals surface area contributed by atoms with E-state index in [1.54, 1.807) is 0 Å². The van der Waals surface area contributed by atoms with Gasteiger partial charge in [-0.3, -0.25) is 0 Å². The molecule has 0 saturated carbocycles. The van der Waals surface area contributed by atoms with Gasteiger partial charge in [-0.05, 0) is 55.5 Å². The number of aromatic hydroxyl groups is 1. The second-order valence-corrected chi connectivity index (χ2v) is 8.95. The molecule has 0 bridgehead atoms. The molecular formula is C33H30N2O. The van der Waals surface area contributed by atoms with Gasteiger partial charge in [0.1, 0.15) is 5.75 Å². The highest BCUT2D eigenvalue weighted by molar-refractivity contribution is 5.66. The molecule has 1 N–H and O–H groups in total. The summed E-state index contributed by atoms with van der Waals surface area (Å²) in [6.45, 7) is 3.22. The normalized spacial score (nSPS) is 10.7. The first-order valence-corrected chi connectivity index (χ1v) is 12.3. The number of hydrogen-bond acceptors (Lipinski definition) is 3. The van der Waals surface area contributed by atoms with Crippen molar-refractivity contribution in [3.05, 3.63) is 150 Å². The van der Waals surface area contributed by atoms with Crippen LogP contribution in [0.15, 0.2) is 133 Å². The predicted octanol–water partition coefficient (Wildman–Crippen LogP) is 8.38. The van der Waals surface area contributed by atoms with E-state index in [2.05, 4.69) is 77.4 Å². The van der Waals surface area contributed by atoms with Crippen LogP contribution < -0.4 is 9.80 Å². The highest BCUT2D eigenvalue weighted by Crippen LogP contribution is 2.35. The number of anilines is 4. The molecular weight excluding hydrogens is 440 g/mol. The molecule has 36 heavy (non-hydrogen) atoms. The molecule has 5 rings (SSSR count). The largest absolute Gasteiger partial charge is 0.507 e. The third-order valence-corrected chi connectivity index (χ3v) is 6.34. The van der Waals surface area contributed by atoms with Gasteiger partial charge < -0.3 is 14.9 Å². The van der Waals surface area contributed by atoms with Gasteiger partial charge in [-0.2, -0.15) is 0 Å². The van der Waals surface area contributed by atoms with Gasteiger partial charge in [-0.25, -0.2) is 0 Å². The fourth-order valence-electron chi connectivity index (χ4n) is 4.61. The van der Waals surface area contributed by atoms with Crippen molar-refractivity contribution < 1.29 is 5.11 Å². The number of phenolic OH excluding ortho intramolecular Hbond substituents is 1. The molecule has 0 aliphatic carbocycles. The molecule has 0 aromatic heterocycles. The Morgan fingerprint density at radius 2 is 0.750 bits per heavy atom. The Balaban J connectivity index is 1.53. The second-order valence-electron chi connectivity index (χ2n) is 8.95. The fourth-order valence-corrected chi connectivity index (χ4v) is 4.61. The first-order valence-electron chi connectivity index (χ1n) is 12.3. The molecule has 0 heterocycles. The monoisotopic (exact) mass is 470 g/mol. The van der Waals surface area contributed by atoms with Gasteiger partial charge in [-0.1, -0.05) is 90.5 Å². The molecule has 5 aromatic carbocycles. The highest BCUT2D eigenvalue weighted by atomic mass is 16.3. The molecule has 0 spiro atoms. The van der Waals surface area contributed by atoms with E-state index in [4.69, 9.17) is 0 Å². The summed E-state index contributed by atoms with van der Waals surface area (Å²) in [5.74, 6) is 0.342. The lowest BCUT2D eigenvalue weighted by atomic mass is 10.0. The lowest BCUT2D eigenvalue weighted by Crippen LogP contribution is -2.19. The Hall–Kier alpha value is -4.50. The number of para-hydroxylation sites is 4. The lowest BCUT2D eigenvalue weighted by molar-refractivity contribution is 0.460. The molecule has 0 aliphatic heterocycles. The first kappa shape index (κ1) is 23.3. The van der Waals surface area contributed by atoms with E-state index in [-0.39, 0.29) is 0 Å². The van der Waals surface area contributed by atoms with Gasteiger partial charge in [0.15, 0.2) is 0 Å². The number of rotatable bonds is 8. The van der Waals surface area contributed by atoms with Crippen LogP contribution in [0.1, 0.15) is 16.7 Å². The van der Waals surface area contributed by atoms with Crippen molar-refractivity contribution in [2.45, 2.75) is 20.0 Å². The van der Waals surface area contributed by atoms with Gasteiger partial charge in [0, 0.05) is 33.9 Å². The van der Waals surface area contributed by atoms with Gasteiger partial charge >= 0.3 is 0 Å². The van der Waals surface area contributed by atoms with Crippen LogP contribution in [-0.4, -0.2) is 5.11 Å². The molecule has 0 fully saturated rings. The van der Waals surface area contributed by atoms with Gasteiger partial charge in [0.05, 0.1) is 13.1 Å². The molecule has 0 radical (unpaired) electrons. The van der Waals surface area contributed by atoms with E-state index < -0.39 is 0 Å². The van der Waals surface area contributed by atoms with Crippen molar-refractivity contribution in [2.24, 2.45) is 0 Å². The number of aryl methyl sites for hydroxylation is 1. The van der Waals surface area contributed by atoms with Crippen molar-refractivity contribution in [3.8, 4) is 5.75 Å². The standard InChI is InChI=1S/C33H30N2O/c1-26-22-27(24-34(29-14-6-2-7-15-29)30-16-8-3-9-17-30)33(36)28(23-26)25-35(31-18-10-4-11-19-31)32-20-12-5-13-21-32/h2-23,36H,24-25H2,1H3. The zero-order valence-corrected chi connectivity index (χ0v) is 20.5. The molecule has 3 nitrogen and oxygen atoms in total. The third kappa shape index (κ3) is 5.26. The summed E-state index contributed by atoms with van der Waals surface area (Å²) in [6.07, 6.45) is 0.